The molecule has 0 aromatic rings. The van der Waals surface area contributed by atoms with Crippen LogP contribution < -0.4 is 3.53 Å². The maximum atomic E-state index is 3.35. The average molecular weight is 239 g/mol. The summed E-state index contributed by atoms with van der Waals surface area (Å²) in [5.74, 6) is 0. The van der Waals surface area contributed by atoms with Crippen LogP contribution in [-0.2, 0) is 0 Å². The van der Waals surface area contributed by atoms with Crippen molar-refractivity contribution < 1.29 is 0 Å². The molecule has 1 aliphatic carbocycles. The summed E-state index contributed by atoms with van der Waals surface area (Å²) < 4.78 is 3.35. The van der Waals surface area contributed by atoms with Gasteiger partial charge in [0.15, 0.2) is 0 Å². The summed E-state index contributed by atoms with van der Waals surface area (Å²) >= 11 is 2.27. The highest BCUT2D eigenvalue weighted by molar-refractivity contribution is 14.1. The molecule has 0 aliphatic heterocycles. The molecule has 0 amide bonds. The van der Waals surface area contributed by atoms with Crippen molar-refractivity contribution in [3.63, 3.8) is 0 Å². The van der Waals surface area contributed by atoms with Gasteiger partial charge in [-0.15, -0.1) is 0 Å². The Labute approximate surface area is 71.1 Å². The second-order valence-electron chi connectivity index (χ2n) is 3.22. The molecule has 54 valence electrons. The molecule has 1 saturated carbocycles. The second-order valence-corrected chi connectivity index (χ2v) is 3.76. The minimum atomic E-state index is 0.457. The van der Waals surface area contributed by atoms with Gasteiger partial charge in [0.2, 0.25) is 0 Å². The van der Waals surface area contributed by atoms with E-state index in [4.69, 9.17) is 0 Å². The van der Waals surface area contributed by atoms with Gasteiger partial charge in [-0.25, -0.2) is 0 Å². The van der Waals surface area contributed by atoms with Crippen LogP contribution in [0.3, 0.4) is 0 Å². The predicted octanol–water partition coefficient (Wildman–Crippen LogP) is 2.65. The molecule has 1 N–H and O–H groups in total. The van der Waals surface area contributed by atoms with Crippen LogP contribution >= 0.6 is 22.9 Å². The molecule has 0 unspecified atom stereocenters. The van der Waals surface area contributed by atoms with Gasteiger partial charge in [0.25, 0.3) is 0 Å². The second kappa shape index (κ2) is 3.19. The van der Waals surface area contributed by atoms with E-state index in [-0.39, 0.29) is 0 Å². The first-order chi connectivity index (χ1) is 4.27. The van der Waals surface area contributed by atoms with Gasteiger partial charge in [-0.2, -0.15) is 0 Å². The van der Waals surface area contributed by atoms with Gasteiger partial charge < -0.3 is 0 Å². The highest BCUT2D eigenvalue weighted by Gasteiger charge is 2.24. The summed E-state index contributed by atoms with van der Waals surface area (Å²) in [5.41, 5.74) is 0.457. The SMILES string of the molecule is CC1(NI)CCCCC1. The Hall–Kier alpha value is 0.690. The molecule has 0 spiro atoms. The lowest BCUT2D eigenvalue weighted by molar-refractivity contribution is 0.309. The lowest BCUT2D eigenvalue weighted by atomic mass is 9.84. The molecular formula is C7H14IN. The Morgan fingerprint density at radius 1 is 1.22 bits per heavy atom. The van der Waals surface area contributed by atoms with Gasteiger partial charge in [0.1, 0.15) is 0 Å². The molecule has 1 aliphatic rings. The van der Waals surface area contributed by atoms with Crippen LogP contribution in [0.4, 0.5) is 0 Å². The van der Waals surface area contributed by atoms with Gasteiger partial charge in [-0.1, -0.05) is 19.3 Å². The minimum Gasteiger partial charge on any atom is -0.255 e. The topological polar surface area (TPSA) is 12.0 Å². The summed E-state index contributed by atoms with van der Waals surface area (Å²) in [6.45, 7) is 2.32. The Morgan fingerprint density at radius 3 is 2.11 bits per heavy atom. The van der Waals surface area contributed by atoms with E-state index in [9.17, 15) is 0 Å². The summed E-state index contributed by atoms with van der Waals surface area (Å²) in [5, 5.41) is 0. The molecule has 1 nitrogen and oxygen atoms in total. The van der Waals surface area contributed by atoms with Crippen LogP contribution in [0.5, 0.6) is 0 Å². The van der Waals surface area contributed by atoms with Crippen LogP contribution in [0, 0.1) is 0 Å². The van der Waals surface area contributed by atoms with Gasteiger partial charge in [0, 0.05) is 28.4 Å². The van der Waals surface area contributed by atoms with Crippen molar-refractivity contribution in [2.45, 2.75) is 44.6 Å². The molecule has 0 heterocycles. The standard InChI is InChI=1S/C7H14IN/c1-7(9-8)5-3-2-4-6-7/h9H,2-6H2,1H3. The molecule has 0 aromatic heterocycles. The quantitative estimate of drug-likeness (QED) is 0.548. The number of halogens is 1. The van der Waals surface area contributed by atoms with E-state index in [0.29, 0.717) is 5.54 Å². The van der Waals surface area contributed by atoms with Crippen molar-refractivity contribution in [1.82, 2.24) is 3.53 Å². The highest BCUT2D eigenvalue weighted by atomic mass is 127. The van der Waals surface area contributed by atoms with E-state index in [1.807, 2.05) is 0 Å². The highest BCUT2D eigenvalue weighted by Crippen LogP contribution is 2.27. The maximum Gasteiger partial charge on any atom is 0.0246 e. The fraction of sp³-hybridized carbons (Fsp3) is 1.00. The van der Waals surface area contributed by atoms with Crippen LogP contribution in [-0.4, -0.2) is 5.54 Å². The summed E-state index contributed by atoms with van der Waals surface area (Å²) in [4.78, 5) is 0. The van der Waals surface area contributed by atoms with E-state index < -0.39 is 0 Å². The number of nitrogens with one attached hydrogen (secondary N) is 1. The molecule has 1 fully saturated rings. The first-order valence-electron chi connectivity index (χ1n) is 3.65. The van der Waals surface area contributed by atoms with Crippen molar-refractivity contribution in [3.8, 4) is 0 Å². The van der Waals surface area contributed by atoms with Crippen LogP contribution in [0.1, 0.15) is 39.0 Å². The molecule has 0 saturated heterocycles. The third-order valence-electron chi connectivity index (χ3n) is 2.19. The van der Waals surface area contributed by atoms with Crippen molar-refractivity contribution in [2.24, 2.45) is 0 Å². The molecular weight excluding hydrogens is 225 g/mol. The molecule has 0 aromatic carbocycles. The van der Waals surface area contributed by atoms with E-state index in [1.54, 1.807) is 0 Å². The van der Waals surface area contributed by atoms with Crippen LogP contribution in [0.15, 0.2) is 0 Å². The monoisotopic (exact) mass is 239 g/mol. The van der Waals surface area contributed by atoms with E-state index in [1.165, 1.54) is 32.1 Å². The first-order valence-corrected chi connectivity index (χ1v) is 4.72. The Balaban J connectivity index is 2.37. The zero-order valence-corrected chi connectivity index (χ0v) is 8.07. The Bertz CT molecular complexity index is 86.9. The molecule has 1 rings (SSSR count). The summed E-state index contributed by atoms with van der Waals surface area (Å²) in [7, 11) is 0. The smallest absolute Gasteiger partial charge is 0.0246 e. The van der Waals surface area contributed by atoms with Gasteiger partial charge in [0.05, 0.1) is 0 Å². The predicted molar refractivity (Wildman–Crippen MR) is 48.6 cm³/mol. The fourth-order valence-corrected chi connectivity index (χ4v) is 1.97. The van der Waals surface area contributed by atoms with Gasteiger partial charge in [-0.3, -0.25) is 3.53 Å². The van der Waals surface area contributed by atoms with E-state index in [0.717, 1.165) is 0 Å². The lowest BCUT2D eigenvalue weighted by Crippen LogP contribution is -2.37. The molecule has 0 bridgehead atoms. The molecule has 0 radical (unpaired) electrons. The zero-order chi connectivity index (χ0) is 6.74. The number of rotatable bonds is 1. The van der Waals surface area contributed by atoms with E-state index in [2.05, 4.69) is 33.3 Å². The average Bonchev–Trinajstić information content (AvgIpc) is 1.90. The van der Waals surface area contributed by atoms with Crippen molar-refractivity contribution in [3.05, 3.63) is 0 Å². The molecule has 2 heteroatoms. The third kappa shape index (κ3) is 2.08. The fourth-order valence-electron chi connectivity index (χ4n) is 1.43. The first kappa shape index (κ1) is 7.79. The van der Waals surface area contributed by atoms with Crippen LogP contribution in [0.2, 0.25) is 0 Å². The Kier molecular flexibility index (Phi) is 2.76. The summed E-state index contributed by atoms with van der Waals surface area (Å²) in [6.07, 6.45) is 6.97. The Morgan fingerprint density at radius 2 is 1.78 bits per heavy atom. The lowest BCUT2D eigenvalue weighted by Gasteiger charge is -2.31. The number of hydrogen-bond acceptors (Lipinski definition) is 1. The molecule has 9 heavy (non-hydrogen) atoms. The van der Waals surface area contributed by atoms with Gasteiger partial charge in [-0.05, 0) is 19.8 Å². The van der Waals surface area contributed by atoms with E-state index >= 15 is 0 Å². The largest absolute Gasteiger partial charge is 0.255 e. The maximum absolute atomic E-state index is 3.35. The minimum absolute atomic E-state index is 0.457. The van der Waals surface area contributed by atoms with Gasteiger partial charge >= 0.3 is 0 Å². The normalized spacial score (nSPS) is 26.0. The van der Waals surface area contributed by atoms with Crippen molar-refractivity contribution in [1.29, 1.82) is 0 Å². The van der Waals surface area contributed by atoms with Crippen molar-refractivity contribution in [2.75, 3.05) is 0 Å². The van der Waals surface area contributed by atoms with Crippen molar-refractivity contribution >= 4 is 22.9 Å². The number of hydrogen-bond donors (Lipinski definition) is 1. The molecule has 0 atom stereocenters. The van der Waals surface area contributed by atoms with Crippen LogP contribution in [0.25, 0.3) is 0 Å². The summed E-state index contributed by atoms with van der Waals surface area (Å²) in [6, 6.07) is 0. The zero-order valence-electron chi connectivity index (χ0n) is 5.91. The third-order valence-corrected chi connectivity index (χ3v) is 3.49.